The number of carbonyl (C=O) groups excluding carboxylic acids is 1. The fraction of sp³-hybridized carbons (Fsp3) is 0.625. The number of hydrogen-bond acceptors (Lipinski definition) is 7. The van der Waals surface area contributed by atoms with Crippen LogP contribution in [-0.2, 0) is 16.1 Å². The van der Waals surface area contributed by atoms with Gasteiger partial charge in [-0.1, -0.05) is 5.16 Å². The number of H-pyrrole nitrogens is 1. The Morgan fingerprint density at radius 1 is 1.52 bits per heavy atom. The van der Waals surface area contributed by atoms with Crippen molar-refractivity contribution in [2.75, 3.05) is 26.7 Å². The SMILES string of the molecule is Cc1nc(C2CN(C(C)C(=O)N(C)Cc3cc(C)on3)CCO2)n[nH]1. The average Bonchev–Trinajstić information content (AvgIpc) is 3.22. The van der Waals surface area contributed by atoms with Crippen LogP contribution in [0.2, 0.25) is 0 Å². The fourth-order valence-electron chi connectivity index (χ4n) is 2.97. The summed E-state index contributed by atoms with van der Waals surface area (Å²) in [4.78, 5) is 20.9. The van der Waals surface area contributed by atoms with E-state index in [0.29, 0.717) is 32.1 Å². The van der Waals surface area contributed by atoms with Crippen LogP contribution in [0.5, 0.6) is 0 Å². The van der Waals surface area contributed by atoms with Gasteiger partial charge in [0.2, 0.25) is 5.91 Å². The van der Waals surface area contributed by atoms with Crippen molar-refractivity contribution in [3.8, 4) is 0 Å². The lowest BCUT2D eigenvalue weighted by molar-refractivity contribution is -0.139. The van der Waals surface area contributed by atoms with Crippen LogP contribution in [-0.4, -0.2) is 68.8 Å². The third-order valence-electron chi connectivity index (χ3n) is 4.36. The number of nitrogens with one attached hydrogen (secondary N) is 1. The summed E-state index contributed by atoms with van der Waals surface area (Å²) < 4.78 is 10.8. The van der Waals surface area contributed by atoms with Crippen molar-refractivity contribution in [2.24, 2.45) is 0 Å². The number of rotatable bonds is 5. The van der Waals surface area contributed by atoms with E-state index in [4.69, 9.17) is 9.26 Å². The Balaban J connectivity index is 1.60. The minimum Gasteiger partial charge on any atom is -0.367 e. The van der Waals surface area contributed by atoms with Crippen molar-refractivity contribution in [3.63, 3.8) is 0 Å². The molecule has 0 aliphatic carbocycles. The number of hydrogen-bond donors (Lipinski definition) is 1. The summed E-state index contributed by atoms with van der Waals surface area (Å²) in [6, 6.07) is 1.58. The summed E-state index contributed by atoms with van der Waals surface area (Å²) in [5.41, 5.74) is 0.747. The minimum absolute atomic E-state index is 0.0347. The molecule has 2 unspecified atom stereocenters. The van der Waals surface area contributed by atoms with E-state index in [1.165, 1.54) is 0 Å². The van der Waals surface area contributed by atoms with E-state index in [1.807, 2.05) is 26.8 Å². The summed E-state index contributed by atoms with van der Waals surface area (Å²) in [6.45, 7) is 7.85. The second-order valence-electron chi connectivity index (χ2n) is 6.43. The van der Waals surface area contributed by atoms with E-state index in [0.717, 1.165) is 17.3 Å². The summed E-state index contributed by atoms with van der Waals surface area (Å²) >= 11 is 0. The number of aromatic nitrogens is 4. The molecule has 2 aromatic heterocycles. The van der Waals surface area contributed by atoms with Gasteiger partial charge in [-0.25, -0.2) is 4.98 Å². The molecule has 1 aliphatic heterocycles. The summed E-state index contributed by atoms with van der Waals surface area (Å²) in [5, 5.41) is 10.9. The van der Waals surface area contributed by atoms with Crippen molar-refractivity contribution in [2.45, 2.75) is 39.5 Å². The Morgan fingerprint density at radius 2 is 2.32 bits per heavy atom. The normalized spacial score (nSPS) is 19.8. The standard InChI is InChI=1S/C16H24N6O3/c1-10-7-13(20-25-10)8-21(4)16(23)11(2)22-5-6-24-14(9-22)15-17-12(3)18-19-15/h7,11,14H,5-6,8-9H2,1-4H3,(H,17,18,19). The highest BCUT2D eigenvalue weighted by molar-refractivity contribution is 5.81. The highest BCUT2D eigenvalue weighted by Crippen LogP contribution is 2.21. The molecule has 9 nitrogen and oxygen atoms in total. The molecule has 1 aliphatic rings. The number of amides is 1. The predicted molar refractivity (Wildman–Crippen MR) is 88.6 cm³/mol. The Kier molecular flexibility index (Phi) is 5.14. The second-order valence-corrected chi connectivity index (χ2v) is 6.43. The monoisotopic (exact) mass is 348 g/mol. The lowest BCUT2D eigenvalue weighted by atomic mass is 10.1. The molecule has 0 saturated carbocycles. The van der Waals surface area contributed by atoms with Crippen LogP contribution in [0, 0.1) is 13.8 Å². The number of likely N-dealkylation sites (N-methyl/N-ethyl adjacent to an activating group) is 1. The number of morpholine rings is 1. The van der Waals surface area contributed by atoms with Crippen LogP contribution in [0.15, 0.2) is 10.6 Å². The maximum Gasteiger partial charge on any atom is 0.239 e. The number of aromatic amines is 1. The first-order valence-electron chi connectivity index (χ1n) is 8.35. The van der Waals surface area contributed by atoms with Crippen LogP contribution in [0.3, 0.4) is 0 Å². The topological polar surface area (TPSA) is 100 Å². The number of carbonyl (C=O) groups is 1. The molecule has 1 saturated heterocycles. The van der Waals surface area contributed by atoms with Gasteiger partial charge in [-0.05, 0) is 20.8 Å². The van der Waals surface area contributed by atoms with Gasteiger partial charge < -0.3 is 14.2 Å². The molecule has 9 heteroatoms. The summed E-state index contributed by atoms with van der Waals surface area (Å²) in [6.07, 6.45) is -0.225. The summed E-state index contributed by atoms with van der Waals surface area (Å²) in [5.74, 6) is 2.16. The van der Waals surface area contributed by atoms with Gasteiger partial charge in [0.05, 0.1) is 19.2 Å². The lowest BCUT2D eigenvalue weighted by Crippen LogP contribution is -2.50. The molecule has 2 atom stereocenters. The predicted octanol–water partition coefficient (Wildman–Crippen LogP) is 0.830. The van der Waals surface area contributed by atoms with Crippen LogP contribution in [0.25, 0.3) is 0 Å². The quantitative estimate of drug-likeness (QED) is 0.854. The Bertz CT molecular complexity index is 727. The van der Waals surface area contributed by atoms with Crippen LogP contribution < -0.4 is 0 Å². The van der Waals surface area contributed by atoms with Gasteiger partial charge in [0.1, 0.15) is 23.4 Å². The molecule has 0 bridgehead atoms. The second kappa shape index (κ2) is 7.32. The van der Waals surface area contributed by atoms with Gasteiger partial charge >= 0.3 is 0 Å². The third-order valence-corrected chi connectivity index (χ3v) is 4.36. The first kappa shape index (κ1) is 17.6. The van der Waals surface area contributed by atoms with E-state index < -0.39 is 0 Å². The first-order valence-corrected chi connectivity index (χ1v) is 8.35. The van der Waals surface area contributed by atoms with Gasteiger partial charge in [-0.15, -0.1) is 0 Å². The van der Waals surface area contributed by atoms with E-state index >= 15 is 0 Å². The number of aryl methyl sites for hydroxylation is 2. The molecule has 0 aromatic carbocycles. The fourth-order valence-corrected chi connectivity index (χ4v) is 2.97. The smallest absolute Gasteiger partial charge is 0.239 e. The highest BCUT2D eigenvalue weighted by Gasteiger charge is 2.31. The Labute approximate surface area is 146 Å². The number of ether oxygens (including phenoxy) is 1. The van der Waals surface area contributed by atoms with Gasteiger partial charge in [-0.3, -0.25) is 14.8 Å². The third kappa shape index (κ3) is 4.05. The van der Waals surface area contributed by atoms with Crippen molar-refractivity contribution in [1.82, 2.24) is 30.1 Å². The molecular formula is C16H24N6O3. The molecule has 0 spiro atoms. The molecule has 25 heavy (non-hydrogen) atoms. The van der Waals surface area contributed by atoms with E-state index in [-0.39, 0.29) is 18.1 Å². The molecule has 0 radical (unpaired) electrons. The van der Waals surface area contributed by atoms with Gasteiger partial charge in [0.15, 0.2) is 5.82 Å². The van der Waals surface area contributed by atoms with Crippen LogP contribution >= 0.6 is 0 Å². The van der Waals surface area contributed by atoms with Crippen molar-refractivity contribution >= 4 is 5.91 Å². The van der Waals surface area contributed by atoms with E-state index in [9.17, 15) is 4.79 Å². The molecule has 1 fully saturated rings. The highest BCUT2D eigenvalue weighted by atomic mass is 16.5. The van der Waals surface area contributed by atoms with Crippen LogP contribution in [0.4, 0.5) is 0 Å². The molecule has 3 rings (SSSR count). The maximum atomic E-state index is 12.7. The van der Waals surface area contributed by atoms with E-state index in [2.05, 4.69) is 25.2 Å². The molecule has 136 valence electrons. The summed E-state index contributed by atoms with van der Waals surface area (Å²) in [7, 11) is 1.78. The largest absolute Gasteiger partial charge is 0.367 e. The van der Waals surface area contributed by atoms with Crippen molar-refractivity contribution in [1.29, 1.82) is 0 Å². The number of nitrogens with zero attached hydrogens (tertiary/aromatic N) is 5. The van der Waals surface area contributed by atoms with Gasteiger partial charge in [-0.2, -0.15) is 5.10 Å². The Morgan fingerprint density at radius 3 is 2.96 bits per heavy atom. The zero-order valence-electron chi connectivity index (χ0n) is 15.0. The maximum absolute atomic E-state index is 12.7. The zero-order chi connectivity index (χ0) is 18.0. The average molecular weight is 348 g/mol. The van der Waals surface area contributed by atoms with E-state index in [1.54, 1.807) is 11.9 Å². The molecule has 1 N–H and O–H groups in total. The molecule has 1 amide bonds. The Hall–Kier alpha value is -2.26. The minimum atomic E-state index is -0.260. The molecule has 2 aromatic rings. The van der Waals surface area contributed by atoms with Crippen LogP contribution in [0.1, 0.15) is 36.1 Å². The first-order chi connectivity index (χ1) is 11.9. The molecular weight excluding hydrogens is 324 g/mol. The van der Waals surface area contributed by atoms with Crippen molar-refractivity contribution in [3.05, 3.63) is 29.2 Å². The van der Waals surface area contributed by atoms with Crippen molar-refractivity contribution < 1.29 is 14.1 Å². The zero-order valence-corrected chi connectivity index (χ0v) is 15.0. The van der Waals surface area contributed by atoms with Gasteiger partial charge in [0.25, 0.3) is 0 Å². The lowest BCUT2D eigenvalue weighted by Gasteiger charge is -2.36. The van der Waals surface area contributed by atoms with Gasteiger partial charge in [0, 0.05) is 26.2 Å². The molecule has 3 heterocycles.